The largest absolute Gasteiger partial charge is 0.435 e. The monoisotopic (exact) mass is 282 g/mol. The minimum atomic E-state index is -2.82. The van der Waals surface area contributed by atoms with E-state index in [4.69, 9.17) is 5.73 Å². The summed E-state index contributed by atoms with van der Waals surface area (Å²) >= 11 is 1.45. The van der Waals surface area contributed by atoms with Gasteiger partial charge in [0.2, 0.25) is 0 Å². The van der Waals surface area contributed by atoms with Crippen LogP contribution in [0.3, 0.4) is 0 Å². The summed E-state index contributed by atoms with van der Waals surface area (Å²) in [5.41, 5.74) is 7.04. The number of para-hydroxylation sites is 1. The summed E-state index contributed by atoms with van der Waals surface area (Å²) in [6, 6.07) is 8.51. The zero-order valence-electron chi connectivity index (χ0n) is 9.92. The van der Waals surface area contributed by atoms with Crippen LogP contribution in [-0.4, -0.2) is 11.6 Å². The first kappa shape index (κ1) is 13.6. The molecule has 0 saturated carbocycles. The number of hydrogen-bond donors (Lipinski definition) is 1. The van der Waals surface area contributed by atoms with Crippen molar-refractivity contribution < 1.29 is 13.5 Å². The Bertz CT molecular complexity index is 552. The van der Waals surface area contributed by atoms with E-state index in [9.17, 15) is 8.78 Å². The fourth-order valence-corrected chi connectivity index (χ4v) is 2.44. The lowest BCUT2D eigenvalue weighted by Gasteiger charge is -2.10. The third-order valence-corrected chi connectivity index (χ3v) is 3.52. The molecule has 0 amide bonds. The van der Waals surface area contributed by atoms with Gasteiger partial charge < -0.3 is 10.5 Å². The molecule has 100 valence electrons. The highest BCUT2D eigenvalue weighted by atomic mass is 32.2. The van der Waals surface area contributed by atoms with Gasteiger partial charge in [-0.15, -0.1) is 11.8 Å². The van der Waals surface area contributed by atoms with Gasteiger partial charge >= 0.3 is 6.61 Å². The van der Waals surface area contributed by atoms with Crippen molar-refractivity contribution in [3.63, 3.8) is 0 Å². The Morgan fingerprint density at radius 1 is 1.26 bits per heavy atom. The molecule has 0 bridgehead atoms. The third-order valence-electron chi connectivity index (χ3n) is 2.38. The summed E-state index contributed by atoms with van der Waals surface area (Å²) in [5, 5.41) is 0. The predicted molar refractivity (Wildman–Crippen MR) is 71.3 cm³/mol. The second-order valence-corrected chi connectivity index (χ2v) is 4.71. The Hall–Kier alpha value is -1.82. The molecule has 1 heterocycles. The number of hydrogen-bond acceptors (Lipinski definition) is 4. The summed E-state index contributed by atoms with van der Waals surface area (Å²) in [5.74, 6) is 0.689. The van der Waals surface area contributed by atoms with Crippen LogP contribution in [0.5, 0.6) is 5.75 Å². The summed E-state index contributed by atoms with van der Waals surface area (Å²) in [6.45, 7) is -2.82. The van der Waals surface area contributed by atoms with E-state index in [-0.39, 0.29) is 5.75 Å². The molecule has 0 atom stereocenters. The van der Waals surface area contributed by atoms with Crippen molar-refractivity contribution in [2.45, 2.75) is 17.3 Å². The Morgan fingerprint density at radius 3 is 2.79 bits per heavy atom. The number of rotatable bonds is 5. The van der Waals surface area contributed by atoms with Crippen molar-refractivity contribution in [2.24, 2.45) is 0 Å². The number of aromatic nitrogens is 1. The average molecular weight is 282 g/mol. The number of nitrogens with zero attached hydrogens (tertiary/aromatic N) is 1. The lowest BCUT2D eigenvalue weighted by Crippen LogP contribution is -2.03. The van der Waals surface area contributed by atoms with Crippen LogP contribution in [0.2, 0.25) is 0 Å². The maximum Gasteiger partial charge on any atom is 0.387 e. The Kier molecular flexibility index (Phi) is 4.57. The zero-order valence-corrected chi connectivity index (χ0v) is 10.7. The molecule has 0 unspecified atom stereocenters. The zero-order chi connectivity index (χ0) is 13.7. The molecular formula is C13H12F2N2OS. The molecule has 0 fully saturated rings. The maximum atomic E-state index is 12.3. The Balaban J connectivity index is 2.09. The molecular weight excluding hydrogens is 270 g/mol. The second-order valence-electron chi connectivity index (χ2n) is 3.69. The van der Waals surface area contributed by atoms with Gasteiger partial charge in [0.1, 0.15) is 5.75 Å². The first-order valence-corrected chi connectivity index (χ1v) is 6.50. The van der Waals surface area contributed by atoms with Gasteiger partial charge in [0.15, 0.2) is 0 Å². The molecule has 2 aromatic rings. The topological polar surface area (TPSA) is 48.1 Å². The Morgan fingerprint density at radius 2 is 2.05 bits per heavy atom. The van der Waals surface area contributed by atoms with Crippen LogP contribution < -0.4 is 10.5 Å². The van der Waals surface area contributed by atoms with E-state index in [1.807, 2.05) is 0 Å². The lowest BCUT2D eigenvalue weighted by atomic mass is 10.2. The van der Waals surface area contributed by atoms with Gasteiger partial charge in [-0.3, -0.25) is 4.98 Å². The van der Waals surface area contributed by atoms with Crippen molar-refractivity contribution in [3.05, 3.63) is 48.3 Å². The van der Waals surface area contributed by atoms with Crippen molar-refractivity contribution in [3.8, 4) is 5.75 Å². The standard InChI is InChI=1S/C13H12F2N2OS/c14-13(15)18-11-4-2-1-3-9(11)8-19-12-5-6-17-7-10(12)16/h1-7,13H,8,16H2. The highest BCUT2D eigenvalue weighted by molar-refractivity contribution is 7.98. The predicted octanol–water partition coefficient (Wildman–Crippen LogP) is 3.56. The van der Waals surface area contributed by atoms with Gasteiger partial charge in [0.25, 0.3) is 0 Å². The number of anilines is 1. The lowest BCUT2D eigenvalue weighted by molar-refractivity contribution is -0.0503. The summed E-state index contributed by atoms with van der Waals surface area (Å²) in [7, 11) is 0. The smallest absolute Gasteiger partial charge is 0.387 e. The molecule has 6 heteroatoms. The molecule has 0 spiro atoms. The Labute approximate surface area is 113 Å². The first-order chi connectivity index (χ1) is 9.16. The van der Waals surface area contributed by atoms with Gasteiger partial charge in [-0.05, 0) is 12.1 Å². The van der Waals surface area contributed by atoms with E-state index in [0.29, 0.717) is 17.0 Å². The number of nitrogens with two attached hydrogens (primary N) is 1. The van der Waals surface area contributed by atoms with Crippen molar-refractivity contribution in [2.75, 3.05) is 5.73 Å². The number of thioether (sulfide) groups is 1. The minimum absolute atomic E-state index is 0.192. The number of halogens is 2. The fourth-order valence-electron chi connectivity index (χ4n) is 1.51. The molecule has 0 aliphatic carbocycles. The van der Waals surface area contributed by atoms with Gasteiger partial charge in [-0.1, -0.05) is 18.2 Å². The number of nitrogen functional groups attached to an aromatic ring is 1. The van der Waals surface area contributed by atoms with E-state index >= 15 is 0 Å². The van der Waals surface area contributed by atoms with E-state index < -0.39 is 6.61 Å². The first-order valence-electron chi connectivity index (χ1n) is 5.52. The number of ether oxygens (including phenoxy) is 1. The van der Waals surface area contributed by atoms with E-state index in [1.165, 1.54) is 17.8 Å². The van der Waals surface area contributed by atoms with Crippen LogP contribution in [0.1, 0.15) is 5.56 Å². The average Bonchev–Trinajstić information content (AvgIpc) is 2.39. The van der Waals surface area contributed by atoms with Crippen LogP contribution >= 0.6 is 11.8 Å². The molecule has 1 aromatic heterocycles. The van der Waals surface area contributed by atoms with Gasteiger partial charge in [-0.2, -0.15) is 8.78 Å². The minimum Gasteiger partial charge on any atom is -0.435 e. The van der Waals surface area contributed by atoms with E-state index in [0.717, 1.165) is 4.90 Å². The molecule has 2 N–H and O–H groups in total. The number of pyridine rings is 1. The molecule has 2 rings (SSSR count). The SMILES string of the molecule is Nc1cnccc1SCc1ccccc1OC(F)F. The highest BCUT2D eigenvalue weighted by Gasteiger charge is 2.09. The van der Waals surface area contributed by atoms with Crippen LogP contribution in [0.25, 0.3) is 0 Å². The van der Waals surface area contributed by atoms with Crippen molar-refractivity contribution in [1.82, 2.24) is 4.98 Å². The summed E-state index contributed by atoms with van der Waals surface area (Å²) in [4.78, 5) is 4.76. The van der Waals surface area contributed by atoms with Gasteiger partial charge in [0.05, 0.1) is 11.9 Å². The van der Waals surface area contributed by atoms with Gasteiger partial charge in [-0.25, -0.2) is 0 Å². The number of alkyl halides is 2. The maximum absolute atomic E-state index is 12.3. The van der Waals surface area contributed by atoms with Crippen LogP contribution in [0.4, 0.5) is 14.5 Å². The molecule has 19 heavy (non-hydrogen) atoms. The molecule has 0 aliphatic rings. The van der Waals surface area contributed by atoms with E-state index in [1.54, 1.807) is 36.7 Å². The quantitative estimate of drug-likeness (QED) is 0.852. The highest BCUT2D eigenvalue weighted by Crippen LogP contribution is 2.31. The molecule has 0 aliphatic heterocycles. The van der Waals surface area contributed by atoms with Crippen LogP contribution in [-0.2, 0) is 5.75 Å². The van der Waals surface area contributed by atoms with Crippen molar-refractivity contribution in [1.29, 1.82) is 0 Å². The summed E-state index contributed by atoms with van der Waals surface area (Å²) < 4.78 is 29.0. The van der Waals surface area contributed by atoms with E-state index in [2.05, 4.69) is 9.72 Å². The fraction of sp³-hybridized carbons (Fsp3) is 0.154. The number of benzene rings is 1. The molecule has 0 saturated heterocycles. The van der Waals surface area contributed by atoms with Crippen molar-refractivity contribution >= 4 is 17.4 Å². The van der Waals surface area contributed by atoms with Crippen LogP contribution in [0, 0.1) is 0 Å². The van der Waals surface area contributed by atoms with Gasteiger partial charge in [0, 0.05) is 22.4 Å². The second kappa shape index (κ2) is 6.38. The van der Waals surface area contributed by atoms with Crippen LogP contribution in [0.15, 0.2) is 47.6 Å². The third kappa shape index (κ3) is 3.82. The molecule has 0 radical (unpaired) electrons. The molecule has 1 aromatic carbocycles. The molecule has 3 nitrogen and oxygen atoms in total. The normalized spacial score (nSPS) is 10.7. The summed E-state index contributed by atoms with van der Waals surface area (Å²) in [6.07, 6.45) is 3.20.